The fraction of sp³-hybridized carbons (Fsp3) is 1.00. The van der Waals surface area contributed by atoms with E-state index in [0.717, 1.165) is 0 Å². The first-order valence-electron chi connectivity index (χ1n) is 5.01. The maximum absolute atomic E-state index is 12.3. The monoisotopic (exact) mass is 256 g/mol. The van der Waals surface area contributed by atoms with Gasteiger partial charge in [0.25, 0.3) is 6.72 Å². The Morgan fingerprint density at radius 3 is 1.87 bits per heavy atom. The second kappa shape index (κ2) is 4.75. The van der Waals surface area contributed by atoms with Gasteiger partial charge in [-0.25, -0.2) is 0 Å². The number of halogens is 1. The molecule has 0 radical (unpaired) electrons. The Bertz CT molecular complexity index is 261. The van der Waals surface area contributed by atoms with Crippen LogP contribution in [0.4, 0.5) is 0 Å². The lowest BCUT2D eigenvalue weighted by Crippen LogP contribution is -2.46. The summed E-state index contributed by atoms with van der Waals surface area (Å²) in [5.74, 6) is 0. The van der Waals surface area contributed by atoms with E-state index in [1.165, 1.54) is 0 Å². The van der Waals surface area contributed by atoms with Crippen LogP contribution in [0.25, 0.3) is 0 Å². The molecule has 0 aliphatic rings. The summed E-state index contributed by atoms with van der Waals surface area (Å²) in [7, 11) is 1.58. The van der Waals surface area contributed by atoms with E-state index in [9.17, 15) is 4.57 Å². The number of hydrogen-bond acceptors (Lipinski definition) is 3. The first-order chi connectivity index (χ1) is 6.48. The molecule has 0 rings (SSSR count). The zero-order chi connectivity index (χ0) is 12.5. The van der Waals surface area contributed by atoms with E-state index in [0.29, 0.717) is 0 Å². The molecule has 3 nitrogen and oxygen atoms in total. The highest BCUT2D eigenvalue weighted by atomic mass is 35.7. The molecule has 1 unspecified atom stereocenters. The normalized spacial score (nSPS) is 17.9. The standard InChI is InChI=1S/C10H22ClO3P/c1-8(2)14-15(11,12)10(5,6)9(3,4)13-7/h8H,1-7H3. The maximum atomic E-state index is 12.3. The third-order valence-corrected chi connectivity index (χ3v) is 7.07. The van der Waals surface area contributed by atoms with Gasteiger partial charge in [0.05, 0.1) is 16.9 Å². The Labute approximate surface area is 97.7 Å². The van der Waals surface area contributed by atoms with E-state index in [1.807, 2.05) is 27.7 Å². The Hall–Kier alpha value is 0.440. The minimum Gasteiger partial charge on any atom is -0.378 e. The summed E-state index contributed by atoms with van der Waals surface area (Å²) in [6, 6.07) is 0. The highest BCUT2D eigenvalue weighted by Gasteiger charge is 2.52. The average Bonchev–Trinajstić information content (AvgIpc) is 2.01. The molecule has 0 aliphatic carbocycles. The van der Waals surface area contributed by atoms with Gasteiger partial charge in [0.2, 0.25) is 0 Å². The van der Waals surface area contributed by atoms with Gasteiger partial charge >= 0.3 is 0 Å². The smallest absolute Gasteiger partial charge is 0.298 e. The first-order valence-corrected chi connectivity index (χ1v) is 7.54. The Kier molecular flexibility index (Phi) is 4.89. The van der Waals surface area contributed by atoms with E-state index in [1.54, 1.807) is 21.0 Å². The molecule has 1 atom stereocenters. The van der Waals surface area contributed by atoms with Crippen LogP contribution in [-0.4, -0.2) is 24.0 Å². The molecule has 0 heterocycles. The average molecular weight is 257 g/mol. The van der Waals surface area contributed by atoms with E-state index in [2.05, 4.69) is 0 Å². The summed E-state index contributed by atoms with van der Waals surface area (Å²) in [5, 5.41) is -0.749. The van der Waals surface area contributed by atoms with Crippen molar-refractivity contribution >= 4 is 18.0 Å². The predicted molar refractivity (Wildman–Crippen MR) is 64.8 cm³/mol. The third kappa shape index (κ3) is 3.20. The molecule has 5 heteroatoms. The third-order valence-electron chi connectivity index (χ3n) is 3.00. The van der Waals surface area contributed by atoms with Crippen molar-refractivity contribution in [1.82, 2.24) is 0 Å². The molecule has 0 saturated heterocycles. The molecule has 0 spiro atoms. The van der Waals surface area contributed by atoms with Gasteiger partial charge in [-0.05, 0) is 52.8 Å². The first kappa shape index (κ1) is 15.4. The molecule has 0 N–H and O–H groups in total. The molecule has 0 aromatic carbocycles. The summed E-state index contributed by atoms with van der Waals surface area (Å²) in [5.41, 5.74) is -0.612. The minimum atomic E-state index is -3.24. The quantitative estimate of drug-likeness (QED) is 0.696. The van der Waals surface area contributed by atoms with Crippen molar-refractivity contribution in [2.24, 2.45) is 0 Å². The van der Waals surface area contributed by atoms with Crippen LogP contribution >= 0.6 is 18.0 Å². The SMILES string of the molecule is COC(C)(C)C(C)(C)P(=O)(Cl)OC(C)C. The predicted octanol–water partition coefficient (Wildman–Crippen LogP) is 4.05. The van der Waals surface area contributed by atoms with Crippen molar-refractivity contribution in [3.63, 3.8) is 0 Å². The largest absolute Gasteiger partial charge is 0.378 e. The van der Waals surface area contributed by atoms with Gasteiger partial charge in [-0.15, -0.1) is 0 Å². The van der Waals surface area contributed by atoms with Crippen LogP contribution in [0.3, 0.4) is 0 Å². The van der Waals surface area contributed by atoms with Crippen LogP contribution in [0.15, 0.2) is 0 Å². The van der Waals surface area contributed by atoms with Gasteiger partial charge in [-0.2, -0.15) is 0 Å². The lowest BCUT2D eigenvalue weighted by Gasteiger charge is -2.42. The number of rotatable bonds is 5. The van der Waals surface area contributed by atoms with Crippen LogP contribution in [-0.2, 0) is 13.8 Å². The molecule has 0 amide bonds. The second-order valence-electron chi connectivity index (χ2n) is 4.91. The van der Waals surface area contributed by atoms with Gasteiger partial charge in [-0.1, -0.05) is 0 Å². The molecule has 0 bridgehead atoms. The molecule has 0 aromatic heterocycles. The van der Waals surface area contributed by atoms with Crippen LogP contribution in [0, 0.1) is 0 Å². The summed E-state index contributed by atoms with van der Waals surface area (Å²) in [4.78, 5) is 0. The lowest BCUT2D eigenvalue weighted by molar-refractivity contribution is -0.00944. The Morgan fingerprint density at radius 2 is 1.60 bits per heavy atom. The molecule has 0 fully saturated rings. The maximum Gasteiger partial charge on any atom is 0.298 e. The van der Waals surface area contributed by atoms with Crippen LogP contribution in [0.2, 0.25) is 0 Å². The lowest BCUT2D eigenvalue weighted by atomic mass is 9.93. The van der Waals surface area contributed by atoms with Crippen LogP contribution < -0.4 is 0 Å². The van der Waals surface area contributed by atoms with E-state index >= 15 is 0 Å². The van der Waals surface area contributed by atoms with Gasteiger partial charge in [-0.3, -0.25) is 4.57 Å². The van der Waals surface area contributed by atoms with Gasteiger partial charge in [0, 0.05) is 7.11 Å². The molecular formula is C10H22ClO3P. The van der Waals surface area contributed by atoms with Gasteiger partial charge in [0.15, 0.2) is 0 Å². The fourth-order valence-corrected chi connectivity index (χ4v) is 3.60. The summed E-state index contributed by atoms with van der Waals surface area (Å²) in [6.45, 7) is 7.68. The Balaban J connectivity index is 5.10. The minimum absolute atomic E-state index is 0.166. The molecule has 0 aromatic rings. The molecule has 0 saturated carbocycles. The van der Waals surface area contributed by atoms with E-state index in [4.69, 9.17) is 20.5 Å². The van der Waals surface area contributed by atoms with Crippen molar-refractivity contribution in [2.45, 2.75) is 58.4 Å². The zero-order valence-corrected chi connectivity index (χ0v) is 12.3. The van der Waals surface area contributed by atoms with Crippen LogP contribution in [0.1, 0.15) is 41.5 Å². The molecular weight excluding hydrogens is 235 g/mol. The topological polar surface area (TPSA) is 35.5 Å². The molecule has 92 valence electrons. The highest BCUT2D eigenvalue weighted by molar-refractivity contribution is 7.86. The zero-order valence-electron chi connectivity index (χ0n) is 10.6. The number of ether oxygens (including phenoxy) is 1. The van der Waals surface area contributed by atoms with Crippen LogP contribution in [0.5, 0.6) is 0 Å². The van der Waals surface area contributed by atoms with Crippen molar-refractivity contribution < 1.29 is 13.8 Å². The van der Waals surface area contributed by atoms with Crippen molar-refractivity contribution in [3.05, 3.63) is 0 Å². The second-order valence-corrected chi connectivity index (χ2v) is 8.53. The van der Waals surface area contributed by atoms with Crippen molar-refractivity contribution in [2.75, 3.05) is 7.11 Å². The van der Waals surface area contributed by atoms with Gasteiger partial charge in [0.1, 0.15) is 0 Å². The summed E-state index contributed by atoms with van der Waals surface area (Å²) >= 11 is 6.04. The van der Waals surface area contributed by atoms with E-state index in [-0.39, 0.29) is 6.10 Å². The van der Waals surface area contributed by atoms with Crippen molar-refractivity contribution in [3.8, 4) is 0 Å². The summed E-state index contributed by atoms with van der Waals surface area (Å²) < 4.78 is 23.0. The molecule has 15 heavy (non-hydrogen) atoms. The number of methoxy groups -OCH3 is 1. The fourth-order valence-electron chi connectivity index (χ4n) is 0.974. The molecule has 0 aliphatic heterocycles. The number of hydrogen-bond donors (Lipinski definition) is 0. The van der Waals surface area contributed by atoms with Gasteiger partial charge < -0.3 is 9.26 Å². The van der Waals surface area contributed by atoms with Crippen molar-refractivity contribution in [1.29, 1.82) is 0 Å². The summed E-state index contributed by atoms with van der Waals surface area (Å²) in [6.07, 6.45) is -0.166. The van der Waals surface area contributed by atoms with E-state index < -0.39 is 17.5 Å². The highest BCUT2D eigenvalue weighted by Crippen LogP contribution is 2.67. The Morgan fingerprint density at radius 1 is 1.20 bits per heavy atom.